The predicted molar refractivity (Wildman–Crippen MR) is 88.3 cm³/mol. The van der Waals surface area contributed by atoms with E-state index in [1.54, 1.807) is 37.3 Å². The normalized spacial score (nSPS) is 10.4. The van der Waals surface area contributed by atoms with Gasteiger partial charge in [-0.3, -0.25) is 4.79 Å². The standard InChI is InChI=1S/C18H19NO4/c1-11(2)23-15-7-4-13(5-8-15)17(20)19-16-9-6-14(18(21)22)10-12(16)3/h4-11H,1-3H3,(H,19,20)(H,21,22). The van der Waals surface area contributed by atoms with Crippen molar-refractivity contribution in [3.63, 3.8) is 0 Å². The molecule has 0 bridgehead atoms. The molecule has 5 nitrogen and oxygen atoms in total. The summed E-state index contributed by atoms with van der Waals surface area (Å²) in [4.78, 5) is 23.2. The molecule has 0 aromatic heterocycles. The Hall–Kier alpha value is -2.82. The number of anilines is 1. The Kier molecular flexibility index (Phi) is 5.01. The summed E-state index contributed by atoms with van der Waals surface area (Å²) in [6.07, 6.45) is 0.0741. The Labute approximate surface area is 134 Å². The average Bonchev–Trinajstić information content (AvgIpc) is 2.49. The monoisotopic (exact) mass is 313 g/mol. The van der Waals surface area contributed by atoms with Gasteiger partial charge >= 0.3 is 5.97 Å². The third kappa shape index (κ3) is 4.32. The minimum Gasteiger partial charge on any atom is -0.491 e. The molecule has 0 saturated heterocycles. The van der Waals surface area contributed by atoms with E-state index in [4.69, 9.17) is 9.84 Å². The molecule has 120 valence electrons. The minimum atomic E-state index is -0.994. The number of aromatic carboxylic acids is 1. The second-order valence-electron chi connectivity index (χ2n) is 5.48. The molecule has 0 unspecified atom stereocenters. The topological polar surface area (TPSA) is 75.6 Å². The Bertz CT molecular complexity index is 720. The van der Waals surface area contributed by atoms with Gasteiger partial charge in [0.2, 0.25) is 0 Å². The van der Waals surface area contributed by atoms with Crippen LogP contribution in [0.25, 0.3) is 0 Å². The molecule has 2 aromatic rings. The molecule has 2 aromatic carbocycles. The number of rotatable bonds is 5. The highest BCUT2D eigenvalue weighted by molar-refractivity contribution is 6.05. The van der Waals surface area contributed by atoms with Gasteiger partial charge in [-0.2, -0.15) is 0 Å². The number of hydrogen-bond acceptors (Lipinski definition) is 3. The van der Waals surface area contributed by atoms with Crippen LogP contribution in [0.1, 0.15) is 40.1 Å². The van der Waals surface area contributed by atoms with Gasteiger partial charge in [0.25, 0.3) is 5.91 Å². The van der Waals surface area contributed by atoms with E-state index in [0.717, 1.165) is 0 Å². The van der Waals surface area contributed by atoms with Crippen molar-refractivity contribution in [1.82, 2.24) is 0 Å². The zero-order valence-electron chi connectivity index (χ0n) is 13.3. The van der Waals surface area contributed by atoms with Crippen LogP contribution < -0.4 is 10.1 Å². The number of carboxylic acid groups (broad SMARTS) is 1. The van der Waals surface area contributed by atoms with Gasteiger partial charge in [0.05, 0.1) is 11.7 Å². The fourth-order valence-electron chi connectivity index (χ4n) is 2.09. The van der Waals surface area contributed by atoms with E-state index in [-0.39, 0.29) is 17.6 Å². The van der Waals surface area contributed by atoms with Crippen molar-refractivity contribution in [3.05, 3.63) is 59.2 Å². The summed E-state index contributed by atoms with van der Waals surface area (Å²) < 4.78 is 5.53. The summed E-state index contributed by atoms with van der Waals surface area (Å²) in [6, 6.07) is 11.4. The number of carbonyl (C=O) groups is 2. The number of carbonyl (C=O) groups excluding carboxylic acids is 1. The maximum atomic E-state index is 12.3. The van der Waals surface area contributed by atoms with Crippen molar-refractivity contribution < 1.29 is 19.4 Å². The summed E-state index contributed by atoms with van der Waals surface area (Å²) in [6.45, 7) is 5.62. The number of aryl methyl sites for hydroxylation is 1. The molecule has 23 heavy (non-hydrogen) atoms. The van der Waals surface area contributed by atoms with Crippen LogP contribution in [0, 0.1) is 6.92 Å². The summed E-state index contributed by atoms with van der Waals surface area (Å²) in [5.41, 5.74) is 1.97. The van der Waals surface area contributed by atoms with E-state index in [1.165, 1.54) is 12.1 Å². The fraction of sp³-hybridized carbons (Fsp3) is 0.222. The Morgan fingerprint density at radius 1 is 1.04 bits per heavy atom. The molecule has 0 fully saturated rings. The summed E-state index contributed by atoms with van der Waals surface area (Å²) >= 11 is 0. The van der Waals surface area contributed by atoms with Crippen molar-refractivity contribution in [2.45, 2.75) is 26.9 Å². The maximum Gasteiger partial charge on any atom is 0.335 e. The van der Waals surface area contributed by atoms with Crippen molar-refractivity contribution in [2.24, 2.45) is 0 Å². The van der Waals surface area contributed by atoms with Gasteiger partial charge in [-0.15, -0.1) is 0 Å². The van der Waals surface area contributed by atoms with Crippen LogP contribution in [-0.2, 0) is 0 Å². The van der Waals surface area contributed by atoms with E-state index in [2.05, 4.69) is 5.32 Å². The molecule has 0 saturated carbocycles. The van der Waals surface area contributed by atoms with Crippen LogP contribution >= 0.6 is 0 Å². The number of nitrogens with one attached hydrogen (secondary N) is 1. The lowest BCUT2D eigenvalue weighted by Gasteiger charge is -2.11. The predicted octanol–water partition coefficient (Wildman–Crippen LogP) is 3.73. The molecule has 0 radical (unpaired) electrons. The molecule has 2 N–H and O–H groups in total. The van der Waals surface area contributed by atoms with Crippen LogP contribution in [0.5, 0.6) is 5.75 Å². The lowest BCUT2D eigenvalue weighted by Crippen LogP contribution is -2.13. The molecule has 2 rings (SSSR count). The Balaban J connectivity index is 2.11. The van der Waals surface area contributed by atoms with Gasteiger partial charge in [-0.05, 0) is 68.8 Å². The van der Waals surface area contributed by atoms with E-state index in [0.29, 0.717) is 22.6 Å². The smallest absolute Gasteiger partial charge is 0.335 e. The van der Waals surface area contributed by atoms with Crippen LogP contribution in [0.4, 0.5) is 5.69 Å². The van der Waals surface area contributed by atoms with Crippen molar-refractivity contribution in [1.29, 1.82) is 0 Å². The zero-order chi connectivity index (χ0) is 17.0. The molecule has 0 aliphatic rings. The van der Waals surface area contributed by atoms with Crippen LogP contribution in [0.3, 0.4) is 0 Å². The maximum absolute atomic E-state index is 12.3. The highest BCUT2D eigenvalue weighted by Crippen LogP contribution is 2.19. The first kappa shape index (κ1) is 16.5. The molecule has 0 aliphatic heterocycles. The highest BCUT2D eigenvalue weighted by atomic mass is 16.5. The number of ether oxygens (including phenoxy) is 1. The third-order valence-corrected chi connectivity index (χ3v) is 3.21. The van der Waals surface area contributed by atoms with E-state index in [1.807, 2.05) is 13.8 Å². The number of amides is 1. The van der Waals surface area contributed by atoms with Gasteiger partial charge in [0.15, 0.2) is 0 Å². The van der Waals surface area contributed by atoms with Gasteiger partial charge in [0, 0.05) is 11.3 Å². The molecule has 0 spiro atoms. The molecule has 1 amide bonds. The van der Waals surface area contributed by atoms with Crippen LogP contribution in [0.2, 0.25) is 0 Å². The average molecular weight is 313 g/mol. The van der Waals surface area contributed by atoms with E-state index in [9.17, 15) is 9.59 Å². The van der Waals surface area contributed by atoms with Gasteiger partial charge in [-0.1, -0.05) is 0 Å². The Morgan fingerprint density at radius 3 is 2.17 bits per heavy atom. The summed E-state index contributed by atoms with van der Waals surface area (Å²) in [5.74, 6) is -0.544. The summed E-state index contributed by atoms with van der Waals surface area (Å²) in [5, 5.41) is 11.7. The number of benzene rings is 2. The lowest BCUT2D eigenvalue weighted by molar-refractivity contribution is 0.0696. The quantitative estimate of drug-likeness (QED) is 0.882. The molecule has 0 aliphatic carbocycles. The molecular formula is C18H19NO4. The number of carboxylic acids is 1. The SMILES string of the molecule is Cc1cc(C(=O)O)ccc1NC(=O)c1ccc(OC(C)C)cc1. The van der Waals surface area contributed by atoms with Gasteiger partial charge in [0.1, 0.15) is 5.75 Å². The first-order chi connectivity index (χ1) is 10.9. The fourth-order valence-corrected chi connectivity index (χ4v) is 2.09. The second kappa shape index (κ2) is 6.96. The lowest BCUT2D eigenvalue weighted by atomic mass is 10.1. The van der Waals surface area contributed by atoms with Crippen molar-refractivity contribution >= 4 is 17.6 Å². The zero-order valence-corrected chi connectivity index (χ0v) is 13.3. The summed E-state index contributed by atoms with van der Waals surface area (Å²) in [7, 11) is 0. The Morgan fingerprint density at radius 2 is 1.65 bits per heavy atom. The first-order valence-electron chi connectivity index (χ1n) is 7.29. The van der Waals surface area contributed by atoms with Crippen molar-refractivity contribution in [3.8, 4) is 5.75 Å². The van der Waals surface area contributed by atoms with E-state index < -0.39 is 5.97 Å². The highest BCUT2D eigenvalue weighted by Gasteiger charge is 2.10. The molecule has 0 atom stereocenters. The number of hydrogen-bond donors (Lipinski definition) is 2. The third-order valence-electron chi connectivity index (χ3n) is 3.21. The molecule has 5 heteroatoms. The van der Waals surface area contributed by atoms with Gasteiger partial charge in [-0.25, -0.2) is 4.79 Å². The first-order valence-corrected chi connectivity index (χ1v) is 7.29. The molecular weight excluding hydrogens is 294 g/mol. The van der Waals surface area contributed by atoms with Crippen LogP contribution in [0.15, 0.2) is 42.5 Å². The minimum absolute atomic E-state index is 0.0741. The molecule has 0 heterocycles. The van der Waals surface area contributed by atoms with Crippen LogP contribution in [-0.4, -0.2) is 23.1 Å². The van der Waals surface area contributed by atoms with Gasteiger partial charge < -0.3 is 15.2 Å². The van der Waals surface area contributed by atoms with Crippen molar-refractivity contribution in [2.75, 3.05) is 5.32 Å². The van der Waals surface area contributed by atoms with E-state index >= 15 is 0 Å². The largest absolute Gasteiger partial charge is 0.491 e. The second-order valence-corrected chi connectivity index (χ2v) is 5.48.